The number of aliphatic imine (C=N–C) groups is 1. The second-order valence-electron chi connectivity index (χ2n) is 19.5. The highest BCUT2D eigenvalue weighted by molar-refractivity contribution is 6.15. The van der Waals surface area contributed by atoms with Crippen LogP contribution in [0.15, 0.2) is 96.0 Å². The number of para-hydroxylation sites is 2. The van der Waals surface area contributed by atoms with Gasteiger partial charge in [-0.25, -0.2) is 4.79 Å². The Morgan fingerprint density at radius 3 is 1.96 bits per heavy atom. The number of ether oxygens (including phenoxy) is 7. The molecule has 0 N–H and O–H groups in total. The summed E-state index contributed by atoms with van der Waals surface area (Å²) < 4.78 is 40.6. The number of aryl methyl sites for hydroxylation is 2. The van der Waals surface area contributed by atoms with Gasteiger partial charge < -0.3 is 47.8 Å². The van der Waals surface area contributed by atoms with E-state index >= 15 is 0 Å². The molecular formula is C59H61N5O14. The largest absolute Gasteiger partial charge is 0.493 e. The SMILES string of the molecule is COCCOCCOCCOCCC(=O)N(CC(=O)ON1C(=O)CCC1=O)c1cc(COc2cc3c(cc2C)C(=O)N2c4ccccc4C[C@H]2CC3)cc(COc2cc3c(cc2OC)C(=O)N2c4ccccc4C[C@H]2C=N3)c1. The van der Waals surface area contributed by atoms with Crippen LogP contribution in [0, 0.1) is 6.92 Å². The molecular weight excluding hydrogens is 1000 g/mol. The maximum Gasteiger partial charge on any atom is 0.352 e. The Kier molecular flexibility index (Phi) is 16.5. The van der Waals surface area contributed by atoms with Crippen molar-refractivity contribution in [1.82, 2.24) is 5.06 Å². The summed E-state index contributed by atoms with van der Waals surface area (Å²) >= 11 is 0. The number of rotatable bonds is 23. The Labute approximate surface area is 451 Å². The van der Waals surface area contributed by atoms with E-state index in [-0.39, 0.29) is 87.6 Å². The van der Waals surface area contributed by atoms with E-state index in [9.17, 15) is 28.8 Å². The fraction of sp³-hybridized carbons (Fsp3) is 0.373. The van der Waals surface area contributed by atoms with E-state index < -0.39 is 30.2 Å². The highest BCUT2D eigenvalue weighted by Gasteiger charge is 2.39. The summed E-state index contributed by atoms with van der Waals surface area (Å²) in [6.07, 6.45) is 4.25. The topological polar surface area (TPSA) is 202 Å². The summed E-state index contributed by atoms with van der Waals surface area (Å²) in [7, 11) is 3.08. The number of fused-ring (bicyclic) bond motifs is 8. The van der Waals surface area contributed by atoms with Crippen LogP contribution in [0.25, 0.3) is 0 Å². The molecule has 0 unspecified atom stereocenters. The van der Waals surface area contributed by atoms with E-state index in [1.54, 1.807) is 42.5 Å². The minimum Gasteiger partial charge on any atom is -0.493 e. The lowest BCUT2D eigenvalue weighted by Crippen LogP contribution is -2.41. The van der Waals surface area contributed by atoms with Crippen LogP contribution in [-0.2, 0) is 75.4 Å². The number of methoxy groups -OCH3 is 2. The van der Waals surface area contributed by atoms with Gasteiger partial charge in [-0.05, 0) is 108 Å². The first kappa shape index (κ1) is 53.4. The molecule has 0 aliphatic carbocycles. The lowest BCUT2D eigenvalue weighted by molar-refractivity contribution is -0.196. The average molecular weight is 1060 g/mol. The second kappa shape index (κ2) is 24.1. The van der Waals surface area contributed by atoms with Gasteiger partial charge in [0.2, 0.25) is 5.91 Å². The zero-order valence-electron chi connectivity index (χ0n) is 43.9. The number of imide groups is 1. The number of benzene rings is 5. The molecule has 5 aromatic carbocycles. The van der Waals surface area contributed by atoms with Crippen molar-refractivity contribution in [2.45, 2.75) is 77.2 Å². The molecule has 5 aromatic rings. The standard InChI is InChI=1S/C59H61N5O14/c1-37-24-46-40(12-13-43-28-41-8-4-6-10-49(41)62(43)58(46)69)30-51(37)76-35-38-25-39(36-77-53-32-48-47(31-52(53)72-3)59(70)63-45(33-60-48)29-42-9-5-7-11-50(42)63)27-44(26-38)61(34-57(68)78-64-55(66)14-15-56(64)67)54(65)16-17-73-20-21-75-23-22-74-19-18-71-2/h4-11,24-27,30-33,43,45H,12-23,28-29,34-36H2,1-3H3/t43-,45+/m1/s1. The quantitative estimate of drug-likeness (QED) is 0.0478. The lowest BCUT2D eigenvalue weighted by Gasteiger charge is -2.25. The Hall–Kier alpha value is -7.97. The molecule has 5 heterocycles. The second-order valence-corrected chi connectivity index (χ2v) is 19.5. The fourth-order valence-corrected chi connectivity index (χ4v) is 10.5. The number of nitrogens with zero attached hydrogens (tertiary/aromatic N) is 5. The molecule has 0 bridgehead atoms. The maximum absolute atomic E-state index is 14.4. The smallest absolute Gasteiger partial charge is 0.352 e. The molecule has 1 fully saturated rings. The molecule has 0 spiro atoms. The molecule has 19 heteroatoms. The van der Waals surface area contributed by atoms with E-state index in [1.165, 1.54) is 12.0 Å². The molecule has 1 saturated heterocycles. The fourth-order valence-electron chi connectivity index (χ4n) is 10.5. The average Bonchev–Trinajstić information content (AvgIpc) is 4.08. The third-order valence-corrected chi connectivity index (χ3v) is 14.4. The minimum absolute atomic E-state index is 0.0138. The van der Waals surface area contributed by atoms with Gasteiger partial charge in [0, 0.05) is 67.3 Å². The summed E-state index contributed by atoms with van der Waals surface area (Å²) in [5.74, 6) is -2.01. The van der Waals surface area contributed by atoms with Crippen molar-refractivity contribution in [2.75, 3.05) is 81.7 Å². The molecule has 19 nitrogen and oxygen atoms in total. The Balaban J connectivity index is 0.921. The lowest BCUT2D eigenvalue weighted by atomic mass is 9.98. The van der Waals surface area contributed by atoms with Crippen LogP contribution in [0.4, 0.5) is 22.7 Å². The highest BCUT2D eigenvalue weighted by Crippen LogP contribution is 2.42. The zero-order chi connectivity index (χ0) is 54.3. The van der Waals surface area contributed by atoms with Crippen LogP contribution in [0.3, 0.4) is 0 Å². The molecule has 10 rings (SSSR count). The van der Waals surface area contributed by atoms with Crippen molar-refractivity contribution in [2.24, 2.45) is 4.99 Å². The first-order chi connectivity index (χ1) is 38.0. The van der Waals surface area contributed by atoms with Crippen LogP contribution in [-0.4, -0.2) is 126 Å². The van der Waals surface area contributed by atoms with E-state index in [2.05, 4.69) is 6.07 Å². The van der Waals surface area contributed by atoms with E-state index in [0.29, 0.717) is 83.8 Å². The van der Waals surface area contributed by atoms with Crippen LogP contribution in [0.2, 0.25) is 0 Å². The number of hydroxylamine groups is 2. The molecule has 78 heavy (non-hydrogen) atoms. The molecule has 2 atom stereocenters. The molecule has 5 aliphatic heterocycles. The molecule has 0 radical (unpaired) electrons. The van der Waals surface area contributed by atoms with E-state index in [0.717, 1.165) is 46.5 Å². The van der Waals surface area contributed by atoms with Gasteiger partial charge in [-0.2, -0.15) is 0 Å². The van der Waals surface area contributed by atoms with Gasteiger partial charge in [-0.1, -0.05) is 36.4 Å². The maximum atomic E-state index is 14.4. The predicted molar refractivity (Wildman–Crippen MR) is 286 cm³/mol. The predicted octanol–water partition coefficient (Wildman–Crippen LogP) is 6.99. The molecule has 0 saturated carbocycles. The summed E-state index contributed by atoms with van der Waals surface area (Å²) in [6.45, 7) is 3.15. The van der Waals surface area contributed by atoms with Crippen LogP contribution >= 0.6 is 0 Å². The van der Waals surface area contributed by atoms with Gasteiger partial charge in [-0.3, -0.25) is 33.9 Å². The minimum atomic E-state index is -1.03. The van der Waals surface area contributed by atoms with Gasteiger partial charge in [0.05, 0.1) is 77.1 Å². The monoisotopic (exact) mass is 1060 g/mol. The van der Waals surface area contributed by atoms with Crippen molar-refractivity contribution in [3.05, 3.63) is 136 Å². The Morgan fingerprint density at radius 2 is 1.27 bits per heavy atom. The van der Waals surface area contributed by atoms with Crippen LogP contribution in [0.5, 0.6) is 17.2 Å². The Morgan fingerprint density at radius 1 is 0.641 bits per heavy atom. The summed E-state index contributed by atoms with van der Waals surface area (Å²) in [6, 6.07) is 27.9. The van der Waals surface area contributed by atoms with Crippen molar-refractivity contribution in [1.29, 1.82) is 0 Å². The van der Waals surface area contributed by atoms with E-state index in [4.69, 9.17) is 43.0 Å². The molecule has 0 aromatic heterocycles. The third kappa shape index (κ3) is 11.6. The van der Waals surface area contributed by atoms with Crippen LogP contribution < -0.4 is 28.9 Å². The van der Waals surface area contributed by atoms with Crippen molar-refractivity contribution in [3.63, 3.8) is 0 Å². The van der Waals surface area contributed by atoms with Crippen molar-refractivity contribution >= 4 is 64.5 Å². The first-order valence-corrected chi connectivity index (χ1v) is 26.2. The summed E-state index contributed by atoms with van der Waals surface area (Å²) in [5.41, 5.74) is 8.38. The zero-order valence-corrected chi connectivity index (χ0v) is 43.9. The van der Waals surface area contributed by atoms with Gasteiger partial charge >= 0.3 is 5.97 Å². The number of carbonyl (C=O) groups is 6. The van der Waals surface area contributed by atoms with Crippen molar-refractivity contribution < 1.29 is 66.8 Å². The molecule has 5 aliphatic rings. The molecule has 5 amide bonds. The third-order valence-electron chi connectivity index (χ3n) is 14.4. The number of anilines is 3. The van der Waals surface area contributed by atoms with Gasteiger partial charge in [0.25, 0.3) is 23.6 Å². The highest BCUT2D eigenvalue weighted by atomic mass is 16.7. The van der Waals surface area contributed by atoms with Gasteiger partial charge in [-0.15, -0.1) is 5.06 Å². The number of amides is 5. The normalized spacial score (nSPS) is 16.9. The Bertz CT molecular complexity index is 3140. The van der Waals surface area contributed by atoms with E-state index in [1.807, 2.05) is 72.5 Å². The summed E-state index contributed by atoms with van der Waals surface area (Å²) in [4.78, 5) is 96.3. The van der Waals surface area contributed by atoms with Crippen molar-refractivity contribution in [3.8, 4) is 17.2 Å². The van der Waals surface area contributed by atoms with Gasteiger partial charge in [0.15, 0.2) is 11.5 Å². The van der Waals surface area contributed by atoms with Crippen LogP contribution in [0.1, 0.15) is 79.8 Å². The summed E-state index contributed by atoms with van der Waals surface area (Å²) in [5, 5.41) is 0.438. The number of carbonyl (C=O) groups excluding carboxylic acids is 6. The first-order valence-electron chi connectivity index (χ1n) is 26.2. The van der Waals surface area contributed by atoms with Gasteiger partial charge in [0.1, 0.15) is 25.5 Å². The molecule has 406 valence electrons. The number of hydrogen-bond donors (Lipinski definition) is 0. The number of hydrogen-bond acceptors (Lipinski definition) is 15.